The number of rotatable bonds is 2. The fourth-order valence-electron chi connectivity index (χ4n) is 2.96. The SMILES string of the molecule is CN1CCN(c2ccc(I)cc2N)C(c2ccccc2)C1. The van der Waals surface area contributed by atoms with Crippen LogP contribution in [0.1, 0.15) is 11.6 Å². The molecule has 0 bridgehead atoms. The van der Waals surface area contributed by atoms with Gasteiger partial charge < -0.3 is 15.5 Å². The van der Waals surface area contributed by atoms with Gasteiger partial charge in [0.1, 0.15) is 0 Å². The molecule has 4 heteroatoms. The molecule has 0 saturated carbocycles. The number of nitrogen functional groups attached to an aromatic ring is 1. The first kappa shape index (κ1) is 14.7. The van der Waals surface area contributed by atoms with Gasteiger partial charge in [0.2, 0.25) is 0 Å². The minimum Gasteiger partial charge on any atom is -0.397 e. The van der Waals surface area contributed by atoms with Crippen LogP contribution in [0.2, 0.25) is 0 Å². The summed E-state index contributed by atoms with van der Waals surface area (Å²) in [6, 6.07) is 17.4. The van der Waals surface area contributed by atoms with E-state index in [-0.39, 0.29) is 0 Å². The summed E-state index contributed by atoms with van der Waals surface area (Å²) >= 11 is 2.31. The Bertz CT molecular complexity index is 615. The molecule has 2 N–H and O–H groups in total. The Labute approximate surface area is 139 Å². The molecular formula is C17H20IN3. The standard InChI is InChI=1S/C17H20IN3/c1-20-9-10-21(16-8-7-14(18)11-15(16)19)17(12-20)13-5-3-2-4-6-13/h2-8,11,17H,9-10,12,19H2,1H3. The van der Waals surface area contributed by atoms with Gasteiger partial charge in [-0.25, -0.2) is 0 Å². The molecule has 1 atom stereocenters. The first-order valence-electron chi connectivity index (χ1n) is 7.20. The van der Waals surface area contributed by atoms with Gasteiger partial charge in [-0.15, -0.1) is 0 Å². The molecule has 2 aromatic rings. The van der Waals surface area contributed by atoms with Crippen molar-refractivity contribution in [2.75, 3.05) is 37.3 Å². The van der Waals surface area contributed by atoms with E-state index < -0.39 is 0 Å². The van der Waals surface area contributed by atoms with Crippen LogP contribution in [0.15, 0.2) is 48.5 Å². The lowest BCUT2D eigenvalue weighted by Crippen LogP contribution is -2.47. The Hall–Kier alpha value is -1.27. The van der Waals surface area contributed by atoms with Gasteiger partial charge in [0.15, 0.2) is 0 Å². The van der Waals surface area contributed by atoms with Gasteiger partial charge in [-0.2, -0.15) is 0 Å². The van der Waals surface area contributed by atoms with Crippen molar-refractivity contribution in [3.63, 3.8) is 0 Å². The molecule has 1 aliphatic heterocycles. The van der Waals surface area contributed by atoms with Crippen LogP contribution in [0.4, 0.5) is 11.4 Å². The summed E-state index contributed by atoms with van der Waals surface area (Å²) in [6.07, 6.45) is 0. The van der Waals surface area contributed by atoms with Crippen LogP contribution < -0.4 is 10.6 Å². The largest absolute Gasteiger partial charge is 0.397 e. The molecule has 0 radical (unpaired) electrons. The maximum Gasteiger partial charge on any atom is 0.0670 e. The van der Waals surface area contributed by atoms with Crippen molar-refractivity contribution in [1.82, 2.24) is 4.90 Å². The lowest BCUT2D eigenvalue weighted by molar-refractivity contribution is 0.269. The molecule has 0 aliphatic carbocycles. The maximum atomic E-state index is 6.27. The van der Waals surface area contributed by atoms with E-state index in [1.807, 2.05) is 0 Å². The van der Waals surface area contributed by atoms with E-state index in [4.69, 9.17) is 5.73 Å². The summed E-state index contributed by atoms with van der Waals surface area (Å²) in [5.74, 6) is 0. The molecule has 0 spiro atoms. The molecule has 2 aromatic carbocycles. The van der Waals surface area contributed by atoms with E-state index >= 15 is 0 Å². The van der Waals surface area contributed by atoms with Crippen LogP contribution in [0.5, 0.6) is 0 Å². The molecule has 1 unspecified atom stereocenters. The van der Waals surface area contributed by atoms with Gasteiger partial charge in [0.25, 0.3) is 0 Å². The van der Waals surface area contributed by atoms with Crippen molar-refractivity contribution in [3.05, 3.63) is 57.7 Å². The third kappa shape index (κ3) is 3.16. The van der Waals surface area contributed by atoms with E-state index in [0.29, 0.717) is 6.04 Å². The fraction of sp³-hybridized carbons (Fsp3) is 0.294. The van der Waals surface area contributed by atoms with Crippen LogP contribution in [-0.2, 0) is 0 Å². The van der Waals surface area contributed by atoms with Gasteiger partial charge in [0, 0.05) is 23.2 Å². The fourth-order valence-corrected chi connectivity index (χ4v) is 3.47. The second kappa shape index (κ2) is 6.23. The summed E-state index contributed by atoms with van der Waals surface area (Å²) in [6.45, 7) is 3.09. The molecule has 0 aromatic heterocycles. The number of halogens is 1. The van der Waals surface area contributed by atoms with E-state index in [0.717, 1.165) is 31.0 Å². The van der Waals surface area contributed by atoms with E-state index in [1.165, 1.54) is 9.13 Å². The van der Waals surface area contributed by atoms with E-state index in [2.05, 4.69) is 88.0 Å². The normalized spacial score (nSPS) is 19.7. The van der Waals surface area contributed by atoms with Crippen LogP contribution in [0, 0.1) is 3.57 Å². The number of anilines is 2. The van der Waals surface area contributed by atoms with Crippen LogP contribution in [-0.4, -0.2) is 31.6 Å². The zero-order valence-corrected chi connectivity index (χ0v) is 14.3. The highest BCUT2D eigenvalue weighted by molar-refractivity contribution is 14.1. The van der Waals surface area contributed by atoms with Crippen molar-refractivity contribution < 1.29 is 0 Å². The Morgan fingerprint density at radius 3 is 2.57 bits per heavy atom. The molecule has 110 valence electrons. The quantitative estimate of drug-likeness (QED) is 0.628. The van der Waals surface area contributed by atoms with E-state index in [1.54, 1.807) is 0 Å². The number of hydrogen-bond donors (Lipinski definition) is 1. The molecule has 1 heterocycles. The first-order valence-corrected chi connectivity index (χ1v) is 8.28. The van der Waals surface area contributed by atoms with Gasteiger partial charge >= 0.3 is 0 Å². The zero-order valence-electron chi connectivity index (χ0n) is 12.2. The number of nitrogens with zero attached hydrogens (tertiary/aromatic N) is 2. The van der Waals surface area contributed by atoms with E-state index in [9.17, 15) is 0 Å². The molecule has 3 rings (SSSR count). The maximum absolute atomic E-state index is 6.27. The van der Waals surface area contributed by atoms with Crippen molar-refractivity contribution in [2.45, 2.75) is 6.04 Å². The number of nitrogens with two attached hydrogens (primary N) is 1. The highest BCUT2D eigenvalue weighted by Crippen LogP contribution is 2.34. The second-order valence-corrected chi connectivity index (χ2v) is 6.83. The van der Waals surface area contributed by atoms with Crippen molar-refractivity contribution in [3.8, 4) is 0 Å². The second-order valence-electron chi connectivity index (χ2n) is 5.59. The molecule has 1 saturated heterocycles. The highest BCUT2D eigenvalue weighted by Gasteiger charge is 2.27. The molecule has 1 fully saturated rings. The summed E-state index contributed by atoms with van der Waals surface area (Å²) in [7, 11) is 2.19. The minimum atomic E-state index is 0.354. The smallest absolute Gasteiger partial charge is 0.0670 e. The Balaban J connectivity index is 1.98. The third-order valence-corrected chi connectivity index (χ3v) is 4.74. The summed E-state index contributed by atoms with van der Waals surface area (Å²) in [4.78, 5) is 4.83. The van der Waals surface area contributed by atoms with Gasteiger partial charge in [-0.1, -0.05) is 30.3 Å². The lowest BCUT2D eigenvalue weighted by atomic mass is 10.0. The summed E-state index contributed by atoms with van der Waals surface area (Å²) in [5, 5.41) is 0. The van der Waals surface area contributed by atoms with Crippen molar-refractivity contribution >= 4 is 34.0 Å². The number of hydrogen-bond acceptors (Lipinski definition) is 3. The van der Waals surface area contributed by atoms with Crippen LogP contribution in [0.25, 0.3) is 0 Å². The number of piperazine rings is 1. The average Bonchev–Trinajstić information content (AvgIpc) is 2.49. The third-order valence-electron chi connectivity index (χ3n) is 4.07. The van der Waals surface area contributed by atoms with Crippen LogP contribution >= 0.6 is 22.6 Å². The highest BCUT2D eigenvalue weighted by atomic mass is 127. The molecule has 0 amide bonds. The predicted octanol–water partition coefficient (Wildman–Crippen LogP) is 3.37. The topological polar surface area (TPSA) is 32.5 Å². The Morgan fingerprint density at radius 2 is 1.86 bits per heavy atom. The van der Waals surface area contributed by atoms with Crippen LogP contribution in [0.3, 0.4) is 0 Å². The summed E-state index contributed by atoms with van der Waals surface area (Å²) in [5.41, 5.74) is 9.63. The molecular weight excluding hydrogens is 373 g/mol. The Kier molecular flexibility index (Phi) is 4.35. The zero-order chi connectivity index (χ0) is 14.8. The monoisotopic (exact) mass is 393 g/mol. The number of benzene rings is 2. The minimum absolute atomic E-state index is 0.354. The molecule has 1 aliphatic rings. The van der Waals surface area contributed by atoms with Gasteiger partial charge in [-0.3, -0.25) is 0 Å². The summed E-state index contributed by atoms with van der Waals surface area (Å²) < 4.78 is 1.18. The first-order chi connectivity index (χ1) is 10.1. The van der Waals surface area contributed by atoms with Gasteiger partial charge in [0.05, 0.1) is 17.4 Å². The molecule has 21 heavy (non-hydrogen) atoms. The predicted molar refractivity (Wildman–Crippen MR) is 97.6 cm³/mol. The average molecular weight is 393 g/mol. The van der Waals surface area contributed by atoms with Crippen molar-refractivity contribution in [1.29, 1.82) is 0 Å². The van der Waals surface area contributed by atoms with Gasteiger partial charge in [-0.05, 0) is 53.4 Å². The lowest BCUT2D eigenvalue weighted by Gasteiger charge is -2.42. The molecule has 3 nitrogen and oxygen atoms in total. The number of likely N-dealkylation sites (N-methyl/N-ethyl adjacent to an activating group) is 1. The Morgan fingerprint density at radius 1 is 1.10 bits per heavy atom. The van der Waals surface area contributed by atoms with Crippen molar-refractivity contribution in [2.24, 2.45) is 0 Å².